The van der Waals surface area contributed by atoms with Crippen molar-refractivity contribution in [3.8, 4) is 5.75 Å². The molecule has 42 heavy (non-hydrogen) atoms. The molecule has 0 aromatic heterocycles. The molecular formula is C35H37FO6. The lowest BCUT2D eigenvalue weighted by atomic mass is 9.98. The minimum absolute atomic E-state index is 0.128. The summed E-state index contributed by atoms with van der Waals surface area (Å²) in [5.74, 6) is 0.748. The van der Waals surface area contributed by atoms with Crippen molar-refractivity contribution < 1.29 is 32.8 Å². The third-order valence-electron chi connectivity index (χ3n) is 7.14. The molecule has 4 aromatic rings. The number of halogens is 1. The monoisotopic (exact) mass is 572 g/mol. The maximum absolute atomic E-state index is 15.8. The fraction of sp³-hybridized carbons (Fsp3) is 0.314. The van der Waals surface area contributed by atoms with Crippen LogP contribution in [-0.4, -0.2) is 44.5 Å². The highest BCUT2D eigenvalue weighted by atomic mass is 19.1. The van der Waals surface area contributed by atoms with E-state index in [1.165, 1.54) is 0 Å². The van der Waals surface area contributed by atoms with Gasteiger partial charge in [0, 0.05) is 0 Å². The highest BCUT2D eigenvalue weighted by molar-refractivity contribution is 5.26. The molecule has 1 aliphatic heterocycles. The fourth-order valence-corrected chi connectivity index (χ4v) is 4.88. The van der Waals surface area contributed by atoms with Crippen LogP contribution in [0.5, 0.6) is 5.75 Å². The van der Waals surface area contributed by atoms with Gasteiger partial charge in [0.1, 0.15) is 30.2 Å². The second kappa shape index (κ2) is 15.6. The van der Waals surface area contributed by atoms with Crippen LogP contribution in [0, 0.1) is 0 Å². The average Bonchev–Trinajstić information content (AvgIpc) is 3.04. The maximum atomic E-state index is 15.8. The lowest BCUT2D eigenvalue weighted by Gasteiger charge is -2.43. The molecule has 0 bridgehead atoms. The lowest BCUT2D eigenvalue weighted by Crippen LogP contribution is -2.60. The summed E-state index contributed by atoms with van der Waals surface area (Å²) in [7, 11) is 1.62. The van der Waals surface area contributed by atoms with Crippen LogP contribution in [0.4, 0.5) is 4.39 Å². The molecule has 0 saturated carbocycles. The number of methoxy groups -OCH3 is 1. The van der Waals surface area contributed by atoms with Crippen LogP contribution in [0.15, 0.2) is 115 Å². The molecule has 220 valence electrons. The third-order valence-corrected chi connectivity index (χ3v) is 7.14. The van der Waals surface area contributed by atoms with Crippen molar-refractivity contribution in [3.05, 3.63) is 138 Å². The molecule has 0 amide bonds. The molecule has 4 aromatic carbocycles. The molecule has 0 radical (unpaired) electrons. The summed E-state index contributed by atoms with van der Waals surface area (Å²) in [5, 5.41) is 0. The molecule has 1 aliphatic rings. The van der Waals surface area contributed by atoms with E-state index in [1.54, 1.807) is 7.11 Å². The second-order valence-corrected chi connectivity index (χ2v) is 10.2. The minimum atomic E-state index is -1.74. The number of hydrogen-bond donors (Lipinski definition) is 0. The third kappa shape index (κ3) is 8.47. The van der Waals surface area contributed by atoms with Gasteiger partial charge in [0.05, 0.1) is 40.1 Å². The Morgan fingerprint density at radius 1 is 0.548 bits per heavy atom. The van der Waals surface area contributed by atoms with E-state index in [0.29, 0.717) is 13.2 Å². The normalized spacial score (nSPS) is 22.1. The van der Waals surface area contributed by atoms with Gasteiger partial charge in [0.2, 0.25) is 6.36 Å². The molecule has 0 spiro atoms. The number of ether oxygens (including phenoxy) is 6. The van der Waals surface area contributed by atoms with E-state index >= 15 is 4.39 Å². The predicted molar refractivity (Wildman–Crippen MR) is 157 cm³/mol. The molecule has 3 unspecified atom stereocenters. The summed E-state index contributed by atoms with van der Waals surface area (Å²) in [6, 6.07) is 36.9. The van der Waals surface area contributed by atoms with Crippen molar-refractivity contribution >= 4 is 0 Å². The highest BCUT2D eigenvalue weighted by Gasteiger charge is 2.48. The molecule has 1 saturated heterocycles. The maximum Gasteiger partial charge on any atom is 0.228 e. The summed E-state index contributed by atoms with van der Waals surface area (Å²) >= 11 is 0. The van der Waals surface area contributed by atoms with Gasteiger partial charge in [0.15, 0.2) is 0 Å². The van der Waals surface area contributed by atoms with Crippen LogP contribution < -0.4 is 4.74 Å². The number of rotatable bonds is 14. The van der Waals surface area contributed by atoms with Gasteiger partial charge in [-0.1, -0.05) is 103 Å². The van der Waals surface area contributed by atoms with Gasteiger partial charge < -0.3 is 28.4 Å². The van der Waals surface area contributed by atoms with E-state index in [-0.39, 0.29) is 19.8 Å². The van der Waals surface area contributed by atoms with Crippen LogP contribution in [-0.2, 0) is 50.1 Å². The van der Waals surface area contributed by atoms with Crippen LogP contribution in [0.2, 0.25) is 0 Å². The highest BCUT2D eigenvalue weighted by Crippen LogP contribution is 2.31. The van der Waals surface area contributed by atoms with Gasteiger partial charge in [-0.05, 0) is 34.4 Å². The Morgan fingerprint density at radius 2 is 1.00 bits per heavy atom. The molecule has 7 heteroatoms. The molecule has 0 N–H and O–H groups in total. The zero-order chi connectivity index (χ0) is 29.0. The van der Waals surface area contributed by atoms with Gasteiger partial charge >= 0.3 is 0 Å². The number of benzene rings is 4. The van der Waals surface area contributed by atoms with Crippen LogP contribution in [0.3, 0.4) is 0 Å². The molecule has 1 heterocycles. The Morgan fingerprint density at radius 3 is 1.52 bits per heavy atom. The Kier molecular flexibility index (Phi) is 11.1. The van der Waals surface area contributed by atoms with E-state index in [1.807, 2.05) is 115 Å². The molecule has 0 aliphatic carbocycles. The standard InChI is InChI=1S/C35H37FO6/c1-37-30-19-17-29(18-20-30)24-40-33-32(39-22-27-13-7-3-8-14-27)31(25-38-21-26-11-5-2-6-12-26)42-35(36)34(33)41-23-28-15-9-4-10-16-28/h2-20,31-35H,21-25H2,1H3/t31?,32-,33?,34?,35+/m0/s1. The summed E-state index contributed by atoms with van der Waals surface area (Å²) in [6.07, 6.45) is -4.91. The minimum Gasteiger partial charge on any atom is -0.497 e. The first-order chi connectivity index (χ1) is 20.7. The fourth-order valence-electron chi connectivity index (χ4n) is 4.88. The SMILES string of the molecule is COc1ccc(COC2C(OCc3ccccc3)[C@H](F)OC(COCc3ccccc3)[C@@H]2OCc2ccccc2)cc1. The Bertz CT molecular complexity index is 1310. The lowest BCUT2D eigenvalue weighted by molar-refractivity contribution is -0.298. The van der Waals surface area contributed by atoms with Crippen molar-refractivity contribution in [2.75, 3.05) is 13.7 Å². The van der Waals surface area contributed by atoms with E-state index < -0.39 is 30.8 Å². The molecule has 1 fully saturated rings. The summed E-state index contributed by atoms with van der Waals surface area (Å²) in [4.78, 5) is 0. The smallest absolute Gasteiger partial charge is 0.228 e. The number of alkyl halides is 1. The first kappa shape index (κ1) is 29.9. The van der Waals surface area contributed by atoms with Crippen molar-refractivity contribution in [1.29, 1.82) is 0 Å². The van der Waals surface area contributed by atoms with Crippen molar-refractivity contribution in [2.45, 2.75) is 57.2 Å². The molecule has 5 atom stereocenters. The van der Waals surface area contributed by atoms with Gasteiger partial charge in [0.25, 0.3) is 0 Å². The predicted octanol–water partition coefficient (Wildman–Crippen LogP) is 6.66. The average molecular weight is 573 g/mol. The van der Waals surface area contributed by atoms with Gasteiger partial charge in [-0.3, -0.25) is 0 Å². The quantitative estimate of drug-likeness (QED) is 0.168. The zero-order valence-corrected chi connectivity index (χ0v) is 23.7. The van der Waals surface area contributed by atoms with E-state index in [2.05, 4.69) is 0 Å². The van der Waals surface area contributed by atoms with Crippen molar-refractivity contribution in [3.63, 3.8) is 0 Å². The summed E-state index contributed by atoms with van der Waals surface area (Å²) in [6.45, 7) is 1.24. The second-order valence-electron chi connectivity index (χ2n) is 10.2. The molecular weight excluding hydrogens is 535 g/mol. The van der Waals surface area contributed by atoms with E-state index in [0.717, 1.165) is 28.0 Å². The first-order valence-corrected chi connectivity index (χ1v) is 14.2. The Labute approximate surface area is 246 Å². The largest absolute Gasteiger partial charge is 0.497 e. The van der Waals surface area contributed by atoms with E-state index in [9.17, 15) is 0 Å². The topological polar surface area (TPSA) is 55.4 Å². The Hall–Kier alpha value is -3.59. The summed E-state index contributed by atoms with van der Waals surface area (Å²) in [5.41, 5.74) is 3.84. The van der Waals surface area contributed by atoms with Crippen molar-refractivity contribution in [2.24, 2.45) is 0 Å². The van der Waals surface area contributed by atoms with Crippen LogP contribution in [0.25, 0.3) is 0 Å². The number of hydrogen-bond acceptors (Lipinski definition) is 6. The van der Waals surface area contributed by atoms with Crippen LogP contribution in [0.1, 0.15) is 22.3 Å². The van der Waals surface area contributed by atoms with E-state index in [4.69, 9.17) is 28.4 Å². The van der Waals surface area contributed by atoms with Crippen molar-refractivity contribution in [1.82, 2.24) is 0 Å². The molecule has 6 nitrogen and oxygen atoms in total. The summed E-state index contributed by atoms with van der Waals surface area (Å²) < 4.78 is 52.1. The molecule has 5 rings (SSSR count). The van der Waals surface area contributed by atoms with Gasteiger partial charge in [-0.2, -0.15) is 0 Å². The zero-order valence-electron chi connectivity index (χ0n) is 23.7. The van der Waals surface area contributed by atoms with Gasteiger partial charge in [-0.25, -0.2) is 4.39 Å². The van der Waals surface area contributed by atoms with Crippen LogP contribution >= 0.6 is 0 Å². The Balaban J connectivity index is 1.36. The van der Waals surface area contributed by atoms with Gasteiger partial charge in [-0.15, -0.1) is 0 Å². The first-order valence-electron chi connectivity index (χ1n) is 14.2.